The molecule has 2 atom stereocenters. The van der Waals surface area contributed by atoms with Crippen LogP contribution in [-0.2, 0) is 30.3 Å². The Kier molecular flexibility index (Phi) is 11.1. The van der Waals surface area contributed by atoms with E-state index in [0.29, 0.717) is 17.9 Å². The fraction of sp³-hybridized carbons (Fsp3) is 0.567. The van der Waals surface area contributed by atoms with E-state index in [1.165, 1.54) is 0 Å². The van der Waals surface area contributed by atoms with Crippen LogP contribution in [0, 0.1) is 17.8 Å². The van der Waals surface area contributed by atoms with E-state index in [9.17, 15) is 14.4 Å². The molecule has 1 N–H and O–H groups in total. The normalized spacial score (nSPS) is 18.4. The van der Waals surface area contributed by atoms with E-state index >= 15 is 0 Å². The number of allylic oxidation sites excluding steroid dienone is 2. The lowest BCUT2D eigenvalue weighted by Gasteiger charge is -2.40. The van der Waals surface area contributed by atoms with E-state index < -0.39 is 5.72 Å². The number of benzene rings is 1. The maximum absolute atomic E-state index is 12.8. The number of esters is 3. The zero-order valence-electron chi connectivity index (χ0n) is 23.6. The summed E-state index contributed by atoms with van der Waals surface area (Å²) in [5, 5.41) is 3.50. The standard InChI is InChI=1S/C30H43NO6/c1-9-23-14-17-26(36-28(33)20(4)5)30(18-23,37-29(34)21(6)7)31-22(8)10-11-24-12-15-25(16-13-24)35-27(32)19(2)3/h12-17,19-22,31H,9-11,18H2,1-8H3. The quantitative estimate of drug-likeness (QED) is 0.212. The van der Waals surface area contributed by atoms with E-state index in [2.05, 4.69) is 5.32 Å². The van der Waals surface area contributed by atoms with Gasteiger partial charge in [-0.05, 0) is 50.0 Å². The monoisotopic (exact) mass is 513 g/mol. The molecule has 2 unspecified atom stereocenters. The molecule has 0 heterocycles. The van der Waals surface area contributed by atoms with Gasteiger partial charge in [0, 0.05) is 12.5 Å². The van der Waals surface area contributed by atoms with Gasteiger partial charge >= 0.3 is 17.9 Å². The molecule has 204 valence electrons. The summed E-state index contributed by atoms with van der Waals surface area (Å²) in [6.07, 6.45) is 6.36. The fourth-order valence-electron chi connectivity index (χ4n) is 3.72. The summed E-state index contributed by atoms with van der Waals surface area (Å²) in [5.74, 6) is -1.03. The molecule has 0 saturated heterocycles. The third-order valence-corrected chi connectivity index (χ3v) is 6.19. The van der Waals surface area contributed by atoms with E-state index in [1.54, 1.807) is 59.8 Å². The minimum absolute atomic E-state index is 0.0734. The van der Waals surface area contributed by atoms with Crippen LogP contribution in [0.15, 0.2) is 47.7 Å². The van der Waals surface area contributed by atoms with Crippen molar-refractivity contribution in [1.29, 1.82) is 0 Å². The number of ether oxygens (including phenoxy) is 3. The van der Waals surface area contributed by atoms with Crippen molar-refractivity contribution < 1.29 is 28.6 Å². The van der Waals surface area contributed by atoms with Gasteiger partial charge in [-0.3, -0.25) is 19.7 Å². The van der Waals surface area contributed by atoms with Crippen LogP contribution in [0.5, 0.6) is 5.75 Å². The third kappa shape index (κ3) is 8.85. The van der Waals surface area contributed by atoms with Crippen LogP contribution in [0.2, 0.25) is 0 Å². The van der Waals surface area contributed by atoms with Crippen molar-refractivity contribution in [2.75, 3.05) is 0 Å². The molecule has 0 spiro atoms. The average molecular weight is 514 g/mol. The maximum atomic E-state index is 12.8. The van der Waals surface area contributed by atoms with Crippen molar-refractivity contribution in [3.63, 3.8) is 0 Å². The maximum Gasteiger partial charge on any atom is 0.313 e. The molecule has 0 fully saturated rings. The van der Waals surface area contributed by atoms with Crippen LogP contribution in [0.1, 0.15) is 80.2 Å². The van der Waals surface area contributed by atoms with Crippen molar-refractivity contribution >= 4 is 17.9 Å². The Hall–Kier alpha value is -2.93. The highest BCUT2D eigenvalue weighted by Gasteiger charge is 2.44. The Balaban J connectivity index is 2.20. The Bertz CT molecular complexity index is 1010. The lowest BCUT2D eigenvalue weighted by atomic mass is 9.91. The molecule has 0 aliphatic heterocycles. The van der Waals surface area contributed by atoms with E-state index in [1.807, 2.05) is 32.1 Å². The molecule has 1 aliphatic carbocycles. The first-order chi connectivity index (χ1) is 17.4. The van der Waals surface area contributed by atoms with Gasteiger partial charge in [0.2, 0.25) is 5.72 Å². The highest BCUT2D eigenvalue weighted by atomic mass is 16.6. The summed E-state index contributed by atoms with van der Waals surface area (Å²) in [4.78, 5) is 37.1. The van der Waals surface area contributed by atoms with Crippen LogP contribution in [0.25, 0.3) is 0 Å². The Morgan fingerprint density at radius 1 is 0.838 bits per heavy atom. The van der Waals surface area contributed by atoms with Crippen molar-refractivity contribution in [2.45, 2.75) is 92.8 Å². The number of hydrogen-bond acceptors (Lipinski definition) is 7. The smallest absolute Gasteiger partial charge is 0.313 e. The van der Waals surface area contributed by atoms with Crippen molar-refractivity contribution in [2.24, 2.45) is 17.8 Å². The molecule has 37 heavy (non-hydrogen) atoms. The van der Waals surface area contributed by atoms with Gasteiger partial charge in [0.1, 0.15) is 5.75 Å². The number of carbonyl (C=O) groups is 3. The van der Waals surface area contributed by atoms with Crippen LogP contribution < -0.4 is 10.1 Å². The lowest BCUT2D eigenvalue weighted by molar-refractivity contribution is -0.173. The van der Waals surface area contributed by atoms with Gasteiger partial charge in [-0.15, -0.1) is 0 Å². The Labute approximate surface area is 221 Å². The zero-order chi connectivity index (χ0) is 27.8. The Morgan fingerprint density at radius 3 is 1.95 bits per heavy atom. The number of aryl methyl sites for hydroxylation is 1. The summed E-state index contributed by atoms with van der Waals surface area (Å²) in [7, 11) is 0. The molecular formula is C30H43NO6. The molecule has 7 nitrogen and oxygen atoms in total. The third-order valence-electron chi connectivity index (χ3n) is 6.19. The molecule has 0 bridgehead atoms. The number of carbonyl (C=O) groups excluding carboxylic acids is 3. The zero-order valence-corrected chi connectivity index (χ0v) is 23.6. The highest BCUT2D eigenvalue weighted by Crippen LogP contribution is 2.35. The highest BCUT2D eigenvalue weighted by molar-refractivity contribution is 5.75. The van der Waals surface area contributed by atoms with Crippen molar-refractivity contribution in [3.05, 3.63) is 53.3 Å². The molecule has 0 amide bonds. The lowest BCUT2D eigenvalue weighted by Crippen LogP contribution is -2.56. The predicted octanol–water partition coefficient (Wildman–Crippen LogP) is 5.88. The summed E-state index contributed by atoms with van der Waals surface area (Å²) < 4.78 is 17.2. The largest absolute Gasteiger partial charge is 0.436 e. The first-order valence-corrected chi connectivity index (χ1v) is 13.3. The second-order valence-corrected chi connectivity index (χ2v) is 10.7. The van der Waals surface area contributed by atoms with Gasteiger partial charge in [-0.25, -0.2) is 0 Å². The molecular weight excluding hydrogens is 470 g/mol. The number of rotatable bonds is 12. The second kappa shape index (κ2) is 13.6. The van der Waals surface area contributed by atoms with E-state index in [-0.39, 0.29) is 41.7 Å². The van der Waals surface area contributed by atoms with Crippen LogP contribution >= 0.6 is 0 Å². The van der Waals surface area contributed by atoms with Gasteiger partial charge < -0.3 is 14.2 Å². The molecule has 1 aliphatic rings. The van der Waals surface area contributed by atoms with E-state index in [0.717, 1.165) is 30.4 Å². The summed E-state index contributed by atoms with van der Waals surface area (Å²) in [6, 6.07) is 7.41. The molecule has 0 radical (unpaired) electrons. The first kappa shape index (κ1) is 30.3. The predicted molar refractivity (Wildman–Crippen MR) is 143 cm³/mol. The molecule has 0 saturated carbocycles. The van der Waals surface area contributed by atoms with Crippen LogP contribution in [0.3, 0.4) is 0 Å². The van der Waals surface area contributed by atoms with Gasteiger partial charge in [0.15, 0.2) is 5.76 Å². The van der Waals surface area contributed by atoms with Crippen LogP contribution in [0.4, 0.5) is 0 Å². The fourth-order valence-corrected chi connectivity index (χ4v) is 3.72. The summed E-state index contributed by atoms with van der Waals surface area (Å²) in [5.41, 5.74) is 0.915. The SMILES string of the molecule is CCC1=CC=C(OC(=O)C(C)C)C(NC(C)CCc2ccc(OC(=O)C(C)C)cc2)(OC(=O)C(C)C)C1. The topological polar surface area (TPSA) is 90.9 Å². The van der Waals surface area contributed by atoms with Crippen molar-refractivity contribution in [1.82, 2.24) is 5.32 Å². The van der Waals surface area contributed by atoms with Gasteiger partial charge in [-0.2, -0.15) is 0 Å². The van der Waals surface area contributed by atoms with Gasteiger partial charge in [-0.1, -0.05) is 72.2 Å². The average Bonchev–Trinajstić information content (AvgIpc) is 2.84. The first-order valence-electron chi connectivity index (χ1n) is 13.3. The number of nitrogens with one attached hydrogen (secondary N) is 1. The molecule has 0 aromatic heterocycles. The van der Waals surface area contributed by atoms with Crippen molar-refractivity contribution in [3.8, 4) is 5.75 Å². The molecule has 2 rings (SSSR count). The van der Waals surface area contributed by atoms with E-state index in [4.69, 9.17) is 14.2 Å². The molecule has 1 aromatic carbocycles. The molecule has 7 heteroatoms. The van der Waals surface area contributed by atoms with Gasteiger partial charge in [0.25, 0.3) is 0 Å². The van der Waals surface area contributed by atoms with Gasteiger partial charge in [0.05, 0.1) is 17.8 Å². The van der Waals surface area contributed by atoms with Crippen LogP contribution in [-0.4, -0.2) is 29.7 Å². The Morgan fingerprint density at radius 2 is 1.41 bits per heavy atom. The molecule has 1 aromatic rings. The minimum atomic E-state index is -1.26. The number of hydrogen-bond donors (Lipinski definition) is 1. The second-order valence-electron chi connectivity index (χ2n) is 10.7. The summed E-state index contributed by atoms with van der Waals surface area (Å²) >= 11 is 0. The summed E-state index contributed by atoms with van der Waals surface area (Å²) in [6.45, 7) is 14.8. The minimum Gasteiger partial charge on any atom is -0.436 e.